The predicted molar refractivity (Wildman–Crippen MR) is 110 cm³/mol. The van der Waals surface area contributed by atoms with Crippen LogP contribution < -0.4 is 10.9 Å². The van der Waals surface area contributed by atoms with Crippen molar-refractivity contribution in [2.45, 2.75) is 38.8 Å². The molecule has 0 aliphatic heterocycles. The van der Waals surface area contributed by atoms with Gasteiger partial charge in [0.15, 0.2) is 5.82 Å². The van der Waals surface area contributed by atoms with E-state index in [1.807, 2.05) is 57.2 Å². The van der Waals surface area contributed by atoms with Gasteiger partial charge in [0.1, 0.15) is 11.3 Å². The number of nitrogens with one attached hydrogen (secondary N) is 2. The van der Waals surface area contributed by atoms with E-state index in [1.54, 1.807) is 18.3 Å². The van der Waals surface area contributed by atoms with E-state index >= 15 is 0 Å². The summed E-state index contributed by atoms with van der Waals surface area (Å²) in [6.45, 7) is 5.42. The van der Waals surface area contributed by atoms with Crippen LogP contribution in [0.2, 0.25) is 0 Å². The van der Waals surface area contributed by atoms with Crippen molar-refractivity contribution in [3.63, 3.8) is 0 Å². The number of carbonyl (C=O) groups is 1. The van der Waals surface area contributed by atoms with Gasteiger partial charge in [0, 0.05) is 18.7 Å². The summed E-state index contributed by atoms with van der Waals surface area (Å²) in [6.07, 6.45) is 1.44. The molecule has 2 aromatic heterocycles. The van der Waals surface area contributed by atoms with E-state index in [0.717, 1.165) is 5.56 Å². The van der Waals surface area contributed by atoms with E-state index in [9.17, 15) is 9.59 Å². The second kappa shape index (κ2) is 8.68. The molecule has 0 fully saturated rings. The predicted octanol–water partition coefficient (Wildman–Crippen LogP) is 3.64. The normalized spacial score (nSPS) is 12.2. The zero-order chi connectivity index (χ0) is 20.9. The molecule has 1 amide bonds. The van der Waals surface area contributed by atoms with E-state index in [-0.39, 0.29) is 5.56 Å². The summed E-state index contributed by atoms with van der Waals surface area (Å²) in [4.78, 5) is 36.0. The van der Waals surface area contributed by atoms with Crippen molar-refractivity contribution in [2.24, 2.45) is 0 Å². The number of H-pyrrole nitrogens is 1. The second-order valence-corrected chi connectivity index (χ2v) is 7.61. The number of benzene rings is 1. The van der Waals surface area contributed by atoms with Gasteiger partial charge in [0.2, 0.25) is 0 Å². The molecule has 0 aliphatic carbocycles. The number of aromatic nitrogens is 3. The Bertz CT molecular complexity index is 1010. The summed E-state index contributed by atoms with van der Waals surface area (Å²) in [7, 11) is 0. The molecule has 7 nitrogen and oxygen atoms in total. The van der Waals surface area contributed by atoms with Crippen LogP contribution in [0.4, 0.5) is 4.79 Å². The number of hydrogen-bond acceptors (Lipinski definition) is 5. The molecule has 0 saturated carbocycles. The van der Waals surface area contributed by atoms with Gasteiger partial charge in [-0.1, -0.05) is 36.4 Å². The molecule has 2 heterocycles. The fraction of sp³-hybridized carbons (Fsp3) is 0.273. The third kappa shape index (κ3) is 6.00. The summed E-state index contributed by atoms with van der Waals surface area (Å²) in [6, 6.07) is 15.9. The van der Waals surface area contributed by atoms with Gasteiger partial charge in [0.25, 0.3) is 5.56 Å². The van der Waals surface area contributed by atoms with Crippen LogP contribution in [-0.4, -0.2) is 26.6 Å². The van der Waals surface area contributed by atoms with Crippen LogP contribution >= 0.6 is 0 Å². The van der Waals surface area contributed by atoms with Crippen molar-refractivity contribution in [2.75, 3.05) is 0 Å². The highest BCUT2D eigenvalue weighted by atomic mass is 16.6. The molecule has 3 aromatic rings. The van der Waals surface area contributed by atoms with Crippen molar-refractivity contribution >= 4 is 6.09 Å². The number of alkyl carbamates (subject to hydrolysis) is 1. The number of hydrogen-bond donors (Lipinski definition) is 2. The minimum Gasteiger partial charge on any atom is -0.444 e. The van der Waals surface area contributed by atoms with Crippen LogP contribution in [-0.2, 0) is 11.2 Å². The highest BCUT2D eigenvalue weighted by Gasteiger charge is 2.21. The minimum absolute atomic E-state index is 0.278. The van der Waals surface area contributed by atoms with Crippen LogP contribution in [0.5, 0.6) is 0 Å². The Kier molecular flexibility index (Phi) is 6.07. The van der Waals surface area contributed by atoms with Crippen LogP contribution in [0.1, 0.15) is 38.1 Å². The van der Waals surface area contributed by atoms with Gasteiger partial charge in [-0.2, -0.15) is 0 Å². The number of pyridine rings is 1. The average molecular weight is 392 g/mol. The third-order valence-corrected chi connectivity index (χ3v) is 4.01. The van der Waals surface area contributed by atoms with Crippen LogP contribution in [0.25, 0.3) is 11.5 Å². The zero-order valence-electron chi connectivity index (χ0n) is 16.7. The molecule has 150 valence electrons. The smallest absolute Gasteiger partial charge is 0.408 e. The van der Waals surface area contributed by atoms with Gasteiger partial charge in [-0.3, -0.25) is 9.78 Å². The number of amides is 1. The first kappa shape index (κ1) is 20.3. The maximum absolute atomic E-state index is 12.4. The fourth-order valence-corrected chi connectivity index (χ4v) is 2.83. The SMILES string of the molecule is CC(C)(C)OC(=O)N[C@H](Cc1cc(=O)[nH]c(-c2ccccn2)n1)c1ccccc1. The van der Waals surface area contributed by atoms with Gasteiger partial charge in [-0.25, -0.2) is 9.78 Å². The minimum atomic E-state index is -0.611. The van der Waals surface area contributed by atoms with Gasteiger partial charge in [-0.15, -0.1) is 0 Å². The maximum Gasteiger partial charge on any atom is 0.408 e. The topological polar surface area (TPSA) is 97.0 Å². The lowest BCUT2D eigenvalue weighted by molar-refractivity contribution is 0.0503. The largest absolute Gasteiger partial charge is 0.444 e. The summed E-state index contributed by atoms with van der Waals surface area (Å²) in [5, 5.41) is 2.89. The Morgan fingerprint density at radius 3 is 2.52 bits per heavy atom. The molecular weight excluding hydrogens is 368 g/mol. The molecule has 0 spiro atoms. The quantitative estimate of drug-likeness (QED) is 0.691. The first-order valence-corrected chi connectivity index (χ1v) is 9.36. The Morgan fingerprint density at radius 1 is 1.14 bits per heavy atom. The van der Waals surface area contributed by atoms with Crippen LogP contribution in [0.15, 0.2) is 65.6 Å². The molecular formula is C22H24N4O3. The summed E-state index contributed by atoms with van der Waals surface area (Å²) >= 11 is 0. The molecule has 1 atom stereocenters. The molecule has 7 heteroatoms. The second-order valence-electron chi connectivity index (χ2n) is 7.61. The first-order chi connectivity index (χ1) is 13.8. The van der Waals surface area contributed by atoms with Gasteiger partial charge >= 0.3 is 6.09 Å². The molecule has 3 rings (SSSR count). The van der Waals surface area contributed by atoms with E-state index in [0.29, 0.717) is 23.6 Å². The molecule has 0 bridgehead atoms. The Morgan fingerprint density at radius 2 is 1.86 bits per heavy atom. The molecule has 29 heavy (non-hydrogen) atoms. The number of carbonyl (C=O) groups excluding carboxylic acids is 1. The lowest BCUT2D eigenvalue weighted by atomic mass is 10.0. The Balaban J connectivity index is 1.89. The molecule has 0 unspecified atom stereocenters. The third-order valence-electron chi connectivity index (χ3n) is 4.01. The summed E-state index contributed by atoms with van der Waals surface area (Å²) in [5.74, 6) is 0.386. The molecule has 0 radical (unpaired) electrons. The van der Waals surface area contributed by atoms with Crippen molar-refractivity contribution in [1.82, 2.24) is 20.3 Å². The Labute approximate surface area is 169 Å². The summed E-state index contributed by atoms with van der Waals surface area (Å²) < 4.78 is 5.40. The van der Waals surface area contributed by atoms with Gasteiger partial charge < -0.3 is 15.0 Å². The van der Waals surface area contributed by atoms with E-state index in [4.69, 9.17) is 4.74 Å². The highest BCUT2D eigenvalue weighted by Crippen LogP contribution is 2.19. The van der Waals surface area contributed by atoms with Crippen molar-refractivity contribution in [3.8, 4) is 11.5 Å². The maximum atomic E-state index is 12.4. The van der Waals surface area contributed by atoms with E-state index in [1.165, 1.54) is 6.07 Å². The molecule has 0 saturated heterocycles. The van der Waals surface area contributed by atoms with Crippen molar-refractivity contribution < 1.29 is 9.53 Å². The van der Waals surface area contributed by atoms with Crippen LogP contribution in [0.3, 0.4) is 0 Å². The van der Waals surface area contributed by atoms with Crippen molar-refractivity contribution in [1.29, 1.82) is 0 Å². The van der Waals surface area contributed by atoms with Crippen molar-refractivity contribution in [3.05, 3.63) is 82.4 Å². The molecule has 0 aliphatic rings. The highest BCUT2D eigenvalue weighted by molar-refractivity contribution is 5.68. The summed E-state index contributed by atoms with van der Waals surface area (Å²) in [5.41, 5.74) is 1.11. The van der Waals surface area contributed by atoms with Gasteiger partial charge in [-0.05, 0) is 38.5 Å². The standard InChI is InChI=1S/C22H24N4O3/c1-22(2,3)29-21(28)25-18(15-9-5-4-6-10-15)13-16-14-19(27)26-20(24-16)17-11-7-8-12-23-17/h4-12,14,18H,13H2,1-3H3,(H,25,28)(H,24,26,27)/t18-/m1/s1. The average Bonchev–Trinajstić information content (AvgIpc) is 2.67. The fourth-order valence-electron chi connectivity index (χ4n) is 2.83. The molecule has 1 aromatic carbocycles. The van der Waals surface area contributed by atoms with Gasteiger partial charge in [0.05, 0.1) is 11.7 Å². The first-order valence-electron chi connectivity index (χ1n) is 9.36. The van der Waals surface area contributed by atoms with E-state index < -0.39 is 17.7 Å². The lowest BCUT2D eigenvalue weighted by Gasteiger charge is -2.24. The van der Waals surface area contributed by atoms with E-state index in [2.05, 4.69) is 20.3 Å². The lowest BCUT2D eigenvalue weighted by Crippen LogP contribution is -2.36. The number of nitrogens with zero attached hydrogens (tertiary/aromatic N) is 2. The number of rotatable bonds is 5. The number of aromatic amines is 1. The monoisotopic (exact) mass is 392 g/mol. The van der Waals surface area contributed by atoms with Crippen LogP contribution in [0, 0.1) is 0 Å². The number of ether oxygens (including phenoxy) is 1. The zero-order valence-corrected chi connectivity index (χ0v) is 16.7. The Hall–Kier alpha value is -3.48. The molecule has 2 N–H and O–H groups in total.